The van der Waals surface area contributed by atoms with E-state index in [0.717, 1.165) is 9.13 Å². The third-order valence-electron chi connectivity index (χ3n) is 1.33. The van der Waals surface area contributed by atoms with Crippen LogP contribution < -0.4 is 0 Å². The van der Waals surface area contributed by atoms with Gasteiger partial charge in [-0.25, -0.2) is 8.78 Å². The molecule has 0 N–H and O–H groups in total. The standard InChI is InChI=1S/C8H7F2I/c9-8(10)5-6-3-1-2-4-7(6)11/h1-4,8H,5H2. The van der Waals surface area contributed by atoms with E-state index in [2.05, 4.69) is 22.6 Å². The number of hydrogen-bond donors (Lipinski definition) is 0. The topological polar surface area (TPSA) is 0 Å². The molecule has 0 bridgehead atoms. The van der Waals surface area contributed by atoms with Crippen LogP contribution in [0.15, 0.2) is 24.3 Å². The second-order valence-electron chi connectivity index (χ2n) is 2.19. The van der Waals surface area contributed by atoms with Crippen molar-refractivity contribution in [2.45, 2.75) is 12.8 Å². The van der Waals surface area contributed by atoms with Gasteiger partial charge in [0.1, 0.15) is 0 Å². The van der Waals surface area contributed by atoms with Crippen LogP contribution in [0.2, 0.25) is 0 Å². The van der Waals surface area contributed by atoms with Gasteiger partial charge in [0.15, 0.2) is 0 Å². The maximum Gasteiger partial charge on any atom is 0.242 e. The highest BCUT2D eigenvalue weighted by Gasteiger charge is 2.06. The zero-order valence-corrected chi connectivity index (χ0v) is 7.89. The molecule has 0 saturated carbocycles. The summed E-state index contributed by atoms with van der Waals surface area (Å²) >= 11 is 2.06. The van der Waals surface area contributed by atoms with Crippen molar-refractivity contribution in [1.82, 2.24) is 0 Å². The van der Waals surface area contributed by atoms with E-state index in [4.69, 9.17) is 0 Å². The summed E-state index contributed by atoms with van der Waals surface area (Å²) in [6.45, 7) is 0. The van der Waals surface area contributed by atoms with Gasteiger partial charge in [0, 0.05) is 9.99 Å². The summed E-state index contributed by atoms with van der Waals surface area (Å²) in [6, 6.07) is 7.18. The fourth-order valence-corrected chi connectivity index (χ4v) is 1.44. The van der Waals surface area contributed by atoms with E-state index in [1.165, 1.54) is 0 Å². The van der Waals surface area contributed by atoms with Gasteiger partial charge in [-0.2, -0.15) is 0 Å². The normalized spacial score (nSPS) is 10.5. The molecule has 1 aromatic carbocycles. The van der Waals surface area contributed by atoms with Crippen molar-refractivity contribution >= 4 is 22.6 Å². The SMILES string of the molecule is FC(F)Cc1ccccc1I. The van der Waals surface area contributed by atoms with E-state index >= 15 is 0 Å². The summed E-state index contributed by atoms with van der Waals surface area (Å²) in [4.78, 5) is 0. The maximum absolute atomic E-state index is 11.9. The van der Waals surface area contributed by atoms with Gasteiger partial charge >= 0.3 is 0 Å². The van der Waals surface area contributed by atoms with Crippen molar-refractivity contribution in [2.75, 3.05) is 0 Å². The number of alkyl halides is 2. The molecule has 0 fully saturated rings. The average Bonchev–Trinajstić information content (AvgIpc) is 1.93. The minimum Gasteiger partial charge on any atom is -0.210 e. The lowest BCUT2D eigenvalue weighted by Crippen LogP contribution is -1.98. The molecule has 0 amide bonds. The van der Waals surface area contributed by atoms with Gasteiger partial charge < -0.3 is 0 Å². The molecule has 0 radical (unpaired) electrons. The lowest BCUT2D eigenvalue weighted by Gasteiger charge is -2.01. The molecule has 0 unspecified atom stereocenters. The molecule has 0 aliphatic heterocycles. The number of benzene rings is 1. The fraction of sp³-hybridized carbons (Fsp3) is 0.250. The minimum atomic E-state index is -2.24. The van der Waals surface area contributed by atoms with Crippen molar-refractivity contribution < 1.29 is 8.78 Å². The first-order valence-corrected chi connectivity index (χ1v) is 4.29. The molecular formula is C8H7F2I. The van der Waals surface area contributed by atoms with Crippen LogP contribution in [0, 0.1) is 3.57 Å². The molecule has 1 aromatic rings. The van der Waals surface area contributed by atoms with Crippen LogP contribution in [0.1, 0.15) is 5.56 Å². The van der Waals surface area contributed by atoms with Crippen molar-refractivity contribution in [3.8, 4) is 0 Å². The molecular weight excluding hydrogens is 261 g/mol. The number of hydrogen-bond acceptors (Lipinski definition) is 0. The molecule has 11 heavy (non-hydrogen) atoms. The lowest BCUT2D eigenvalue weighted by molar-refractivity contribution is 0.149. The third-order valence-corrected chi connectivity index (χ3v) is 2.38. The third kappa shape index (κ3) is 2.73. The van der Waals surface area contributed by atoms with Gasteiger partial charge in [-0.15, -0.1) is 0 Å². The monoisotopic (exact) mass is 268 g/mol. The van der Waals surface area contributed by atoms with Gasteiger partial charge in [0.2, 0.25) is 6.43 Å². The molecule has 60 valence electrons. The molecule has 0 heterocycles. The predicted molar refractivity (Wildman–Crippen MR) is 48.9 cm³/mol. The van der Waals surface area contributed by atoms with Crippen molar-refractivity contribution in [1.29, 1.82) is 0 Å². The molecule has 0 aromatic heterocycles. The van der Waals surface area contributed by atoms with Gasteiger partial charge in [-0.05, 0) is 34.2 Å². The number of rotatable bonds is 2. The van der Waals surface area contributed by atoms with Crippen molar-refractivity contribution in [2.24, 2.45) is 0 Å². The fourth-order valence-electron chi connectivity index (χ4n) is 0.830. The summed E-state index contributed by atoms with van der Waals surface area (Å²) in [6.07, 6.45) is -2.38. The van der Waals surface area contributed by atoms with Crippen LogP contribution in [-0.2, 0) is 6.42 Å². The highest BCUT2D eigenvalue weighted by Crippen LogP contribution is 2.14. The van der Waals surface area contributed by atoms with E-state index in [1.807, 2.05) is 12.1 Å². The summed E-state index contributed by atoms with van der Waals surface area (Å²) < 4.78 is 24.7. The van der Waals surface area contributed by atoms with Crippen LogP contribution in [-0.4, -0.2) is 6.43 Å². The Balaban J connectivity index is 2.78. The number of halogens is 3. The quantitative estimate of drug-likeness (QED) is 0.723. The Morgan fingerprint density at radius 1 is 1.27 bits per heavy atom. The molecule has 0 saturated heterocycles. The summed E-state index contributed by atoms with van der Waals surface area (Å²) in [7, 11) is 0. The molecule has 3 heteroatoms. The Kier molecular flexibility index (Phi) is 3.23. The van der Waals surface area contributed by atoms with Crippen molar-refractivity contribution in [3.63, 3.8) is 0 Å². The Hall–Kier alpha value is -0.190. The second kappa shape index (κ2) is 3.99. The maximum atomic E-state index is 11.9. The Morgan fingerprint density at radius 2 is 1.91 bits per heavy atom. The predicted octanol–water partition coefficient (Wildman–Crippen LogP) is 3.10. The molecule has 0 aliphatic rings. The van der Waals surface area contributed by atoms with E-state index in [0.29, 0.717) is 0 Å². The smallest absolute Gasteiger partial charge is 0.210 e. The van der Waals surface area contributed by atoms with Crippen LogP contribution in [0.25, 0.3) is 0 Å². The van der Waals surface area contributed by atoms with Gasteiger partial charge in [-0.1, -0.05) is 18.2 Å². The molecule has 0 spiro atoms. The summed E-state index contributed by atoms with van der Waals surface area (Å²) in [5.41, 5.74) is 0.725. The zero-order valence-electron chi connectivity index (χ0n) is 5.73. The molecule has 0 atom stereocenters. The minimum absolute atomic E-state index is 0.140. The van der Waals surface area contributed by atoms with Crippen LogP contribution >= 0.6 is 22.6 Å². The average molecular weight is 268 g/mol. The summed E-state index contributed by atoms with van der Waals surface area (Å²) in [5.74, 6) is 0. The van der Waals surface area contributed by atoms with Crippen LogP contribution in [0.5, 0.6) is 0 Å². The van der Waals surface area contributed by atoms with E-state index < -0.39 is 6.43 Å². The first-order valence-electron chi connectivity index (χ1n) is 3.21. The molecule has 0 aliphatic carbocycles. The van der Waals surface area contributed by atoms with Crippen molar-refractivity contribution in [3.05, 3.63) is 33.4 Å². The highest BCUT2D eigenvalue weighted by molar-refractivity contribution is 14.1. The van der Waals surface area contributed by atoms with Crippen LogP contribution in [0.3, 0.4) is 0 Å². The Morgan fingerprint density at radius 3 is 2.45 bits per heavy atom. The second-order valence-corrected chi connectivity index (χ2v) is 3.35. The Bertz CT molecular complexity index is 235. The van der Waals surface area contributed by atoms with E-state index in [1.54, 1.807) is 12.1 Å². The van der Waals surface area contributed by atoms with E-state index in [-0.39, 0.29) is 6.42 Å². The first kappa shape index (κ1) is 8.90. The first-order chi connectivity index (χ1) is 5.20. The molecule has 0 nitrogen and oxygen atoms in total. The summed E-state index contributed by atoms with van der Waals surface area (Å²) in [5, 5.41) is 0. The van der Waals surface area contributed by atoms with Gasteiger partial charge in [0.25, 0.3) is 0 Å². The largest absolute Gasteiger partial charge is 0.242 e. The van der Waals surface area contributed by atoms with Gasteiger partial charge in [-0.3, -0.25) is 0 Å². The highest BCUT2D eigenvalue weighted by atomic mass is 127. The Labute approximate surface area is 77.8 Å². The molecule has 1 rings (SSSR count). The van der Waals surface area contributed by atoms with E-state index in [9.17, 15) is 8.78 Å². The van der Waals surface area contributed by atoms with Crippen LogP contribution in [0.4, 0.5) is 8.78 Å². The van der Waals surface area contributed by atoms with Gasteiger partial charge in [0.05, 0.1) is 0 Å². The lowest BCUT2D eigenvalue weighted by atomic mass is 10.2. The zero-order chi connectivity index (χ0) is 8.27.